The van der Waals surface area contributed by atoms with Crippen LogP contribution >= 0.6 is 11.8 Å². The molecule has 3 aliphatic carbocycles. The average Bonchev–Trinajstić information content (AvgIpc) is 3.65. The lowest BCUT2D eigenvalue weighted by atomic mass is 9.56. The molecule has 0 spiro atoms. The molecular formula is C41H53NO7S. The highest BCUT2D eigenvalue weighted by atomic mass is 32.2. The third kappa shape index (κ3) is 7.86. The first-order chi connectivity index (χ1) is 24.5. The number of nitrogens with zero attached hydrogens (tertiary/aromatic N) is 1. The van der Waals surface area contributed by atoms with E-state index in [-0.39, 0.29) is 42.1 Å². The predicted octanol–water partition coefficient (Wildman–Crippen LogP) is 8.62. The highest BCUT2D eigenvalue weighted by molar-refractivity contribution is 8.00. The molecule has 2 aromatic carbocycles. The Morgan fingerprint density at radius 1 is 1.04 bits per heavy atom. The summed E-state index contributed by atoms with van der Waals surface area (Å²) >= 11 is 2.00. The Kier molecular flexibility index (Phi) is 12.8. The van der Waals surface area contributed by atoms with Crippen molar-refractivity contribution >= 4 is 23.8 Å². The molecule has 4 aliphatic rings. The molecule has 6 rings (SSSR count). The summed E-state index contributed by atoms with van der Waals surface area (Å²) in [5.74, 6) is 1.40. The van der Waals surface area contributed by atoms with Gasteiger partial charge in [0.2, 0.25) is 5.79 Å². The Morgan fingerprint density at radius 2 is 1.82 bits per heavy atom. The Balaban J connectivity index is 1.53. The molecular weight excluding hydrogens is 651 g/mol. The summed E-state index contributed by atoms with van der Waals surface area (Å²) in [5, 5.41) is 24.9. The zero-order valence-electron chi connectivity index (χ0n) is 29.3. The zero-order valence-corrected chi connectivity index (χ0v) is 30.2. The highest BCUT2D eigenvalue weighted by Gasteiger charge is 2.64. The second-order valence-electron chi connectivity index (χ2n) is 14.0. The molecule has 0 aromatic heterocycles. The number of rotatable bonds is 18. The van der Waals surface area contributed by atoms with Gasteiger partial charge in [-0.15, -0.1) is 18.3 Å². The van der Waals surface area contributed by atoms with Crippen molar-refractivity contribution < 1.29 is 34.1 Å². The summed E-state index contributed by atoms with van der Waals surface area (Å²) < 4.78 is 20.7. The summed E-state index contributed by atoms with van der Waals surface area (Å²) in [7, 11) is 0. The zero-order chi connectivity index (χ0) is 34.9. The maximum Gasteiger partial charge on any atom is 0.230 e. The molecule has 9 heteroatoms. The topological polar surface area (TPSA) is 107 Å². The van der Waals surface area contributed by atoms with Crippen LogP contribution in [0.2, 0.25) is 0 Å². The van der Waals surface area contributed by atoms with E-state index in [0.29, 0.717) is 41.9 Å². The Bertz CT molecular complexity index is 1520. The van der Waals surface area contributed by atoms with Crippen LogP contribution in [0.15, 0.2) is 71.9 Å². The minimum absolute atomic E-state index is 0.00467. The summed E-state index contributed by atoms with van der Waals surface area (Å²) in [4.78, 5) is 17.3. The van der Waals surface area contributed by atoms with Crippen molar-refractivity contribution in [3.8, 4) is 17.2 Å². The monoisotopic (exact) mass is 703 g/mol. The standard InChI is InChI=1S/C41H53NO7S/c1-3-22-46-41-38(50-32-15-5-6-16-32)26-36(42-47-4-2)34-24-29(13-7-9-20-43)33(17-8-10-21-44)39(40(34)41)35-25-31(18-19-37(35)49-41)48-30-14-11-12-28(23-30)27-45/h3,11-12,14,18-19,23-25,27,29,32-33,38-40,43-44H,1,4-10,13,15-17,20-22,26H2,2H3. The number of allylic oxidation sites excluding steroid dienone is 1. The van der Waals surface area contributed by atoms with Crippen LogP contribution in [0.25, 0.3) is 0 Å². The van der Waals surface area contributed by atoms with Crippen LogP contribution in [0.1, 0.15) is 99.4 Å². The van der Waals surface area contributed by atoms with Gasteiger partial charge < -0.3 is 29.3 Å². The van der Waals surface area contributed by atoms with E-state index in [4.69, 9.17) is 24.2 Å². The van der Waals surface area contributed by atoms with Crippen LogP contribution in [0.4, 0.5) is 0 Å². The van der Waals surface area contributed by atoms with Crippen molar-refractivity contribution in [1.29, 1.82) is 0 Å². The second-order valence-corrected chi connectivity index (χ2v) is 15.5. The molecule has 0 bridgehead atoms. The van der Waals surface area contributed by atoms with Crippen LogP contribution in [0.5, 0.6) is 17.2 Å². The number of carbonyl (C=O) groups excluding carboxylic acids is 1. The van der Waals surface area contributed by atoms with Crippen molar-refractivity contribution in [2.45, 2.75) is 99.8 Å². The number of aldehydes is 1. The van der Waals surface area contributed by atoms with Crippen LogP contribution in [-0.4, -0.2) is 64.9 Å². The molecule has 0 saturated heterocycles. The van der Waals surface area contributed by atoms with Gasteiger partial charge in [0.25, 0.3) is 0 Å². The lowest BCUT2D eigenvalue weighted by Crippen LogP contribution is -2.64. The molecule has 0 amide bonds. The summed E-state index contributed by atoms with van der Waals surface area (Å²) in [6.07, 6.45) is 15.8. The van der Waals surface area contributed by atoms with Crippen LogP contribution in [0.3, 0.4) is 0 Å². The molecule has 50 heavy (non-hydrogen) atoms. The smallest absolute Gasteiger partial charge is 0.230 e. The number of unbranched alkanes of at least 4 members (excludes halogenated alkanes) is 2. The number of benzene rings is 2. The highest BCUT2D eigenvalue weighted by Crippen LogP contribution is 2.63. The first kappa shape index (κ1) is 36.7. The number of fused-ring (bicyclic) bond motifs is 2. The van der Waals surface area contributed by atoms with Gasteiger partial charge in [0, 0.05) is 41.9 Å². The van der Waals surface area contributed by atoms with Crippen LogP contribution in [0, 0.1) is 17.8 Å². The van der Waals surface area contributed by atoms with E-state index in [9.17, 15) is 15.0 Å². The number of carbonyl (C=O) groups is 1. The number of aliphatic hydroxyl groups excluding tert-OH is 2. The van der Waals surface area contributed by atoms with Gasteiger partial charge in [0.1, 0.15) is 30.1 Å². The number of hydrogen-bond donors (Lipinski definition) is 2. The molecule has 1 aliphatic heterocycles. The van der Waals surface area contributed by atoms with Crippen LogP contribution < -0.4 is 9.47 Å². The molecule has 2 aromatic rings. The fourth-order valence-electron chi connectivity index (χ4n) is 8.69. The van der Waals surface area contributed by atoms with Gasteiger partial charge in [0.15, 0.2) is 0 Å². The lowest BCUT2D eigenvalue weighted by molar-refractivity contribution is -0.223. The first-order valence-corrected chi connectivity index (χ1v) is 19.6. The van der Waals surface area contributed by atoms with Gasteiger partial charge in [-0.1, -0.05) is 55.1 Å². The minimum atomic E-state index is -0.956. The van der Waals surface area contributed by atoms with Crippen molar-refractivity contribution in [3.05, 3.63) is 77.9 Å². The van der Waals surface area contributed by atoms with Gasteiger partial charge in [0.05, 0.1) is 23.5 Å². The maximum atomic E-state index is 11.5. The Labute approximate surface area is 301 Å². The Hall–Kier alpha value is -3.11. The molecule has 1 heterocycles. The molecule has 2 fully saturated rings. The van der Waals surface area contributed by atoms with Crippen molar-refractivity contribution in [3.63, 3.8) is 0 Å². The summed E-state index contributed by atoms with van der Waals surface area (Å²) in [6.45, 7) is 7.17. The number of oxime groups is 1. The van der Waals surface area contributed by atoms with Gasteiger partial charge in [-0.25, -0.2) is 0 Å². The first-order valence-electron chi connectivity index (χ1n) is 18.6. The predicted molar refractivity (Wildman–Crippen MR) is 198 cm³/mol. The number of ether oxygens (including phenoxy) is 3. The molecule has 2 N–H and O–H groups in total. The summed E-state index contributed by atoms with van der Waals surface area (Å²) in [5.41, 5.74) is 3.74. The quantitative estimate of drug-likeness (QED) is 0.0688. The van der Waals surface area contributed by atoms with E-state index < -0.39 is 5.79 Å². The fraction of sp³-hybridized carbons (Fsp3) is 0.561. The average molecular weight is 704 g/mol. The molecule has 8 nitrogen and oxygen atoms in total. The van der Waals surface area contributed by atoms with E-state index in [1.54, 1.807) is 12.1 Å². The molecule has 270 valence electrons. The third-order valence-electron chi connectivity index (χ3n) is 10.8. The van der Waals surface area contributed by atoms with E-state index in [1.807, 2.05) is 49.0 Å². The third-order valence-corrected chi connectivity index (χ3v) is 12.5. The minimum Gasteiger partial charge on any atom is -0.460 e. The fourth-order valence-corrected chi connectivity index (χ4v) is 10.5. The second kappa shape index (κ2) is 17.4. The van der Waals surface area contributed by atoms with Gasteiger partial charge in [-0.3, -0.25) is 4.79 Å². The van der Waals surface area contributed by atoms with Crippen molar-refractivity contribution in [2.75, 3.05) is 26.4 Å². The maximum absolute atomic E-state index is 11.5. The largest absolute Gasteiger partial charge is 0.460 e. The van der Waals surface area contributed by atoms with Gasteiger partial charge in [-0.05, 0) is 93.2 Å². The number of aliphatic hydroxyl groups is 2. The molecule has 6 unspecified atom stereocenters. The molecule has 6 atom stereocenters. The molecule has 0 radical (unpaired) electrons. The SMILES string of the molecule is C=CCOC12Oc3ccc(Oc4cccc(C=O)c4)cc3C3C(CCCCO)C(CCCCO)C=C(C(=NOCC)CC1SC1CCCC1)C32. The van der Waals surface area contributed by atoms with Gasteiger partial charge in [-0.2, -0.15) is 0 Å². The van der Waals surface area contributed by atoms with Crippen molar-refractivity contribution in [1.82, 2.24) is 0 Å². The van der Waals surface area contributed by atoms with Crippen LogP contribution in [-0.2, 0) is 9.57 Å². The normalized spacial score (nSPS) is 27.9. The van der Waals surface area contributed by atoms with E-state index >= 15 is 0 Å². The van der Waals surface area contributed by atoms with E-state index in [1.165, 1.54) is 25.7 Å². The van der Waals surface area contributed by atoms with Gasteiger partial charge >= 0.3 is 0 Å². The van der Waals surface area contributed by atoms with Crippen molar-refractivity contribution in [2.24, 2.45) is 22.9 Å². The van der Waals surface area contributed by atoms with E-state index in [2.05, 4.69) is 18.7 Å². The lowest BCUT2D eigenvalue weighted by Gasteiger charge is -2.58. The van der Waals surface area contributed by atoms with E-state index in [0.717, 1.165) is 67.4 Å². The number of hydrogen-bond acceptors (Lipinski definition) is 9. The molecule has 2 saturated carbocycles. The number of thioether (sulfide) groups is 1. The Morgan fingerprint density at radius 3 is 2.56 bits per heavy atom. The summed E-state index contributed by atoms with van der Waals surface area (Å²) in [6, 6.07) is 13.3.